The van der Waals surface area contributed by atoms with E-state index in [4.69, 9.17) is 0 Å². The van der Waals surface area contributed by atoms with Crippen molar-refractivity contribution in [2.75, 3.05) is 0 Å². The normalized spacial score (nSPS) is 0. The molecule has 0 aromatic rings. The van der Waals surface area contributed by atoms with Crippen molar-refractivity contribution in [3.8, 4) is 0 Å². The average molecular weight is 158 g/mol. The van der Waals surface area contributed by atoms with Crippen LogP contribution in [0.3, 0.4) is 0 Å². The van der Waals surface area contributed by atoms with Crippen LogP contribution in [-0.2, 0) is 0 Å². The monoisotopic (exact) mass is 158 g/mol. The lowest BCUT2D eigenvalue weighted by Crippen LogP contribution is -0.290. The highest BCUT2D eigenvalue weighted by Crippen LogP contribution is 0.861. The molecule has 1 unspecified atom stereocenters. The summed E-state index contributed by atoms with van der Waals surface area (Å²) in [4.78, 5) is 0. The summed E-state index contributed by atoms with van der Waals surface area (Å²) in [6.07, 6.45) is 0. The average Bonchev–Trinajstić information content (AvgIpc) is 0. The maximum absolute atomic E-state index is 0. The van der Waals surface area contributed by atoms with Crippen LogP contribution >= 0.6 is 23.4 Å². The second kappa shape index (κ2) is 609. The Balaban J connectivity index is 0. The second-order valence-corrected chi connectivity index (χ2v) is 0. The van der Waals surface area contributed by atoms with Crippen molar-refractivity contribution in [1.82, 2.24) is 0 Å². The molecule has 0 bridgehead atoms. The van der Waals surface area contributed by atoms with Crippen molar-refractivity contribution in [2.24, 2.45) is 0 Å². The fourth-order valence-corrected chi connectivity index (χ4v) is 0. The van der Waals surface area contributed by atoms with Gasteiger partial charge in [-0.2, -0.15) is 23.4 Å². The molecule has 1 atom stereocenters. The fraction of sp³-hybridized carbons (Fsp3) is 0. The van der Waals surface area contributed by atoms with E-state index < -0.39 is 0 Å². The summed E-state index contributed by atoms with van der Waals surface area (Å²) in [7, 11) is 0. The molecule has 0 heterocycles. The van der Waals surface area contributed by atoms with Gasteiger partial charge in [0.25, 0.3) is 0 Å². The molecule has 0 aliphatic heterocycles. The van der Waals surface area contributed by atoms with E-state index in [0.717, 1.165) is 0 Å². The summed E-state index contributed by atoms with van der Waals surface area (Å²) >= 11 is 0. The van der Waals surface area contributed by atoms with Gasteiger partial charge in [-0.25, -0.2) is 0 Å². The Labute approximate surface area is 51.7 Å². The SMILES string of the molecule is O.O.O.O.O.P.S. The molecule has 7 heavy (non-hydrogen) atoms. The molecule has 0 radical (unpaired) electrons. The Hall–Kier alpha value is 0.580. The topological polar surface area (TPSA) is 158 Å². The molecule has 5 nitrogen and oxygen atoms in total. The summed E-state index contributed by atoms with van der Waals surface area (Å²) in [5, 5.41) is 0. The van der Waals surface area contributed by atoms with Gasteiger partial charge in [-0.1, -0.05) is 0 Å². The maximum atomic E-state index is 0. The molecule has 0 saturated heterocycles. The van der Waals surface area contributed by atoms with Gasteiger partial charge in [0.2, 0.25) is 0 Å². The molecule has 0 aliphatic rings. The third-order valence-electron chi connectivity index (χ3n) is 0. The zero-order valence-corrected chi connectivity index (χ0v) is 6.12. The molecule has 56 valence electrons. The third kappa shape index (κ3) is 410. The molecule has 0 amide bonds. The van der Waals surface area contributed by atoms with E-state index in [1.54, 1.807) is 0 Å². The van der Waals surface area contributed by atoms with E-state index in [9.17, 15) is 0 Å². The smallest absolute Gasteiger partial charge is 0.153 e. The van der Waals surface area contributed by atoms with Gasteiger partial charge in [-0.05, 0) is 0 Å². The first-order valence-corrected chi connectivity index (χ1v) is 0. The molecule has 0 saturated carbocycles. The van der Waals surface area contributed by atoms with Crippen LogP contribution in [0.25, 0.3) is 0 Å². The first kappa shape index (κ1) is 976. The van der Waals surface area contributed by atoms with Gasteiger partial charge in [0, 0.05) is 0 Å². The number of hydrogen-bond acceptors (Lipinski definition) is 0. The highest BCUT2D eigenvalue weighted by molar-refractivity contribution is 7.59. The standard InChI is InChI=1S/5H2O.H3P.H2S/h5*1H2;1H3;1H2. The van der Waals surface area contributed by atoms with E-state index in [-0.39, 0.29) is 50.8 Å². The molecule has 0 aromatic carbocycles. The lowest BCUT2D eigenvalue weighted by atomic mass is 16.0. The van der Waals surface area contributed by atoms with Gasteiger partial charge < -0.3 is 27.4 Å². The number of rotatable bonds is 0. The summed E-state index contributed by atoms with van der Waals surface area (Å²) < 4.78 is 0. The minimum absolute atomic E-state index is 0. The van der Waals surface area contributed by atoms with Gasteiger partial charge >= 0.3 is 0 Å². The summed E-state index contributed by atoms with van der Waals surface area (Å²) in [5.74, 6) is 0. The highest BCUT2D eigenvalue weighted by Gasteiger charge is -0.153. The fourth-order valence-electron chi connectivity index (χ4n) is 0. The lowest BCUT2D eigenvalue weighted by Gasteiger charge is -0.413. The Kier molecular flexibility index (Phi) is 84900. The van der Waals surface area contributed by atoms with Crippen LogP contribution in [-0.4, -0.2) is 27.4 Å². The van der Waals surface area contributed by atoms with Crippen molar-refractivity contribution in [3.63, 3.8) is 0 Å². The first-order chi connectivity index (χ1) is 0. The Bertz CT molecular complexity index is 8.04. The Morgan fingerprint density at radius 1 is 0.429 bits per heavy atom. The summed E-state index contributed by atoms with van der Waals surface area (Å²) in [6.45, 7) is 0. The van der Waals surface area contributed by atoms with E-state index in [1.165, 1.54) is 0 Å². The first-order valence-electron chi connectivity index (χ1n) is 0. The van der Waals surface area contributed by atoms with Gasteiger partial charge in [0.1, 0.15) is 0 Å². The molecule has 0 rings (SSSR count). The highest BCUT2D eigenvalue weighted by atomic mass is 32.1. The van der Waals surface area contributed by atoms with Crippen LogP contribution < -0.4 is 0 Å². The van der Waals surface area contributed by atoms with Crippen LogP contribution in [0.2, 0.25) is 0 Å². The Morgan fingerprint density at radius 2 is 0.429 bits per heavy atom. The maximum Gasteiger partial charge on any atom is -0.153 e. The molecule has 0 fully saturated rings. The van der Waals surface area contributed by atoms with Crippen LogP contribution in [0.5, 0.6) is 0 Å². The predicted molar refractivity (Wildman–Crippen MR) is 39.6 cm³/mol. The van der Waals surface area contributed by atoms with Crippen LogP contribution in [0.4, 0.5) is 0 Å². The minimum atomic E-state index is 0. The lowest BCUT2D eigenvalue weighted by molar-refractivity contribution is 0.823. The third-order valence-corrected chi connectivity index (χ3v) is 0. The van der Waals surface area contributed by atoms with E-state index in [0.29, 0.717) is 0 Å². The predicted octanol–water partition coefficient (Wildman–Crippen LogP) is -3.95. The molecular weight excluding hydrogens is 143 g/mol. The minimum Gasteiger partial charge on any atom is -0.412 e. The van der Waals surface area contributed by atoms with Gasteiger partial charge in [-0.3, -0.25) is 0 Å². The second-order valence-electron chi connectivity index (χ2n) is 0. The summed E-state index contributed by atoms with van der Waals surface area (Å²) in [5.41, 5.74) is 0. The molecule has 0 aromatic heterocycles. The van der Waals surface area contributed by atoms with E-state index in [1.807, 2.05) is 0 Å². The zero-order valence-electron chi connectivity index (χ0n) is 3.71. The van der Waals surface area contributed by atoms with E-state index >= 15 is 0 Å². The van der Waals surface area contributed by atoms with Gasteiger partial charge in [0.05, 0.1) is 0 Å². The molecule has 0 aliphatic carbocycles. The zero-order chi connectivity index (χ0) is 0. The van der Waals surface area contributed by atoms with Crippen LogP contribution in [0, 0.1) is 0 Å². The molecule has 10 N–H and O–H groups in total. The molecule has 0 spiro atoms. The quantitative estimate of drug-likeness (QED) is 0.315. The van der Waals surface area contributed by atoms with Crippen molar-refractivity contribution < 1.29 is 27.4 Å². The van der Waals surface area contributed by atoms with Gasteiger partial charge in [0.15, 0.2) is 0 Å². The van der Waals surface area contributed by atoms with Crippen molar-refractivity contribution in [2.45, 2.75) is 0 Å². The molecule has 7 heteroatoms. The Morgan fingerprint density at radius 3 is 0.429 bits per heavy atom. The van der Waals surface area contributed by atoms with Gasteiger partial charge in [-0.15, -0.1) is 0 Å². The van der Waals surface area contributed by atoms with Crippen molar-refractivity contribution >= 4 is 23.4 Å². The van der Waals surface area contributed by atoms with Crippen LogP contribution in [0.15, 0.2) is 0 Å². The number of hydrogen-bond donors (Lipinski definition) is 0. The largest absolute Gasteiger partial charge is 0.412 e. The van der Waals surface area contributed by atoms with Crippen molar-refractivity contribution in [1.29, 1.82) is 0 Å². The van der Waals surface area contributed by atoms with E-state index in [2.05, 4.69) is 0 Å². The van der Waals surface area contributed by atoms with Crippen LogP contribution in [0.1, 0.15) is 0 Å². The molecular formula is H15O5PS. The van der Waals surface area contributed by atoms with Crippen molar-refractivity contribution in [3.05, 3.63) is 0 Å². The summed E-state index contributed by atoms with van der Waals surface area (Å²) in [6, 6.07) is 0.